The van der Waals surface area contributed by atoms with Crippen molar-refractivity contribution in [3.63, 3.8) is 0 Å². The molecule has 6 aromatic rings. The molecular weight excluding hydrogens is 697 g/mol. The number of hydrogen-bond donors (Lipinski definition) is 0. The van der Waals surface area contributed by atoms with E-state index in [1.54, 1.807) is 0 Å². The third-order valence-electron chi connectivity index (χ3n) is 11.7. The molecule has 1 fully saturated rings. The zero-order valence-corrected chi connectivity index (χ0v) is 38.5. The van der Waals surface area contributed by atoms with Gasteiger partial charge in [0, 0.05) is 5.41 Å². The average Bonchev–Trinajstić information content (AvgIpc) is 3.22. The summed E-state index contributed by atoms with van der Waals surface area (Å²) in [7, 11) is 0. The van der Waals surface area contributed by atoms with Gasteiger partial charge in [-0.2, -0.15) is 0 Å². The van der Waals surface area contributed by atoms with Crippen LogP contribution in [0.15, 0.2) is 146 Å². The first kappa shape index (κ1) is 47.7. The SMILES string of the molecule is CCC1CCC(CC)CC1.Cc1ccc(C(C)(C)c2ccc(C)cc2)cc1.Cc1ccc(C)cc1.Cc1ccc(Cc2ccc(C)cc2)cc1.Cc1cccc(C)c1. The lowest BCUT2D eigenvalue weighted by Gasteiger charge is -2.26. The predicted octanol–water partition coefficient (Wildman–Crippen LogP) is 16.7. The summed E-state index contributed by atoms with van der Waals surface area (Å²) in [6, 6.07) is 52.1. The predicted molar refractivity (Wildman–Crippen MR) is 258 cm³/mol. The van der Waals surface area contributed by atoms with Crippen LogP contribution in [0.5, 0.6) is 0 Å². The summed E-state index contributed by atoms with van der Waals surface area (Å²) in [5, 5.41) is 0. The minimum Gasteiger partial charge on any atom is -0.0651 e. The van der Waals surface area contributed by atoms with Gasteiger partial charge in [0.15, 0.2) is 0 Å². The third-order valence-corrected chi connectivity index (χ3v) is 11.7. The van der Waals surface area contributed by atoms with Gasteiger partial charge in [0.1, 0.15) is 0 Å². The normalized spacial score (nSPS) is 14.5. The van der Waals surface area contributed by atoms with Crippen molar-refractivity contribution < 1.29 is 0 Å². The van der Waals surface area contributed by atoms with Crippen molar-refractivity contribution in [3.8, 4) is 0 Å². The van der Waals surface area contributed by atoms with Gasteiger partial charge in [0.05, 0.1) is 0 Å². The largest absolute Gasteiger partial charge is 0.0651 e. The molecule has 0 atom stereocenters. The summed E-state index contributed by atoms with van der Waals surface area (Å²) in [6.07, 6.45) is 9.89. The fourth-order valence-corrected chi connectivity index (χ4v) is 7.25. The van der Waals surface area contributed by atoms with Crippen LogP contribution in [-0.2, 0) is 11.8 Å². The van der Waals surface area contributed by atoms with Gasteiger partial charge in [-0.3, -0.25) is 0 Å². The van der Waals surface area contributed by atoms with E-state index in [9.17, 15) is 0 Å². The second kappa shape index (κ2) is 24.9. The zero-order valence-electron chi connectivity index (χ0n) is 38.5. The maximum Gasteiger partial charge on any atom is 0.0146 e. The van der Waals surface area contributed by atoms with Gasteiger partial charge in [0.25, 0.3) is 0 Å². The molecule has 0 nitrogen and oxygen atoms in total. The fraction of sp³-hybridized carbons (Fsp3) is 0.379. The molecule has 0 spiro atoms. The molecule has 1 aliphatic carbocycles. The minimum atomic E-state index is 0.0708. The van der Waals surface area contributed by atoms with Gasteiger partial charge in [-0.25, -0.2) is 0 Å². The minimum absolute atomic E-state index is 0.0708. The molecule has 0 amide bonds. The first-order chi connectivity index (χ1) is 27.7. The lowest BCUT2D eigenvalue weighted by Crippen LogP contribution is -2.18. The number of hydrogen-bond acceptors (Lipinski definition) is 0. The van der Waals surface area contributed by atoms with Gasteiger partial charge in [-0.15, -0.1) is 0 Å². The molecule has 0 aromatic heterocycles. The molecule has 0 radical (unpaired) electrons. The highest BCUT2D eigenvalue weighted by molar-refractivity contribution is 5.39. The summed E-state index contributed by atoms with van der Waals surface area (Å²) in [6.45, 7) is 26.1. The Morgan fingerprint density at radius 3 is 0.862 bits per heavy atom. The highest BCUT2D eigenvalue weighted by Gasteiger charge is 2.22. The summed E-state index contributed by atoms with van der Waals surface area (Å²) in [4.78, 5) is 0. The van der Waals surface area contributed by atoms with Crippen molar-refractivity contribution in [1.29, 1.82) is 0 Å². The molecule has 0 bridgehead atoms. The van der Waals surface area contributed by atoms with E-state index < -0.39 is 0 Å². The van der Waals surface area contributed by atoms with Crippen LogP contribution in [-0.4, -0.2) is 0 Å². The monoisotopic (exact) mass is 773 g/mol. The third kappa shape index (κ3) is 17.9. The first-order valence-electron chi connectivity index (χ1n) is 22.0. The molecule has 1 saturated carbocycles. The van der Waals surface area contributed by atoms with E-state index in [1.807, 2.05) is 0 Å². The molecule has 0 N–H and O–H groups in total. The van der Waals surface area contributed by atoms with Crippen LogP contribution in [0.1, 0.15) is 133 Å². The van der Waals surface area contributed by atoms with Gasteiger partial charge in [0.2, 0.25) is 0 Å². The summed E-state index contributed by atoms with van der Waals surface area (Å²) < 4.78 is 0. The van der Waals surface area contributed by atoms with Crippen molar-refractivity contribution in [3.05, 3.63) is 212 Å². The van der Waals surface area contributed by atoms with E-state index in [4.69, 9.17) is 0 Å². The van der Waals surface area contributed by atoms with Crippen LogP contribution in [0.4, 0.5) is 0 Å². The summed E-state index contributed by atoms with van der Waals surface area (Å²) in [5.74, 6) is 2.14. The highest BCUT2D eigenvalue weighted by Crippen LogP contribution is 2.32. The molecule has 0 heteroatoms. The molecule has 7 rings (SSSR count). The van der Waals surface area contributed by atoms with Crippen LogP contribution >= 0.6 is 0 Å². The number of aryl methyl sites for hydroxylation is 8. The molecule has 0 unspecified atom stereocenters. The molecule has 0 aliphatic heterocycles. The van der Waals surface area contributed by atoms with Crippen molar-refractivity contribution in [2.45, 2.75) is 133 Å². The van der Waals surface area contributed by atoms with Crippen LogP contribution in [0, 0.1) is 67.2 Å². The Morgan fingerprint density at radius 1 is 0.362 bits per heavy atom. The van der Waals surface area contributed by atoms with Crippen LogP contribution in [0.3, 0.4) is 0 Å². The molecule has 0 saturated heterocycles. The van der Waals surface area contributed by atoms with Crippen molar-refractivity contribution in [2.75, 3.05) is 0 Å². The highest BCUT2D eigenvalue weighted by atomic mass is 14.3. The summed E-state index contributed by atoms with van der Waals surface area (Å²) in [5.41, 5.74) is 16.2. The van der Waals surface area contributed by atoms with Crippen LogP contribution in [0.25, 0.3) is 0 Å². The van der Waals surface area contributed by atoms with E-state index >= 15 is 0 Å². The second-order valence-electron chi connectivity index (χ2n) is 17.5. The maximum atomic E-state index is 2.33. The maximum absolute atomic E-state index is 2.33. The lowest BCUT2D eigenvalue weighted by atomic mass is 9.78. The second-order valence-corrected chi connectivity index (χ2v) is 17.5. The van der Waals surface area contributed by atoms with E-state index in [2.05, 4.69) is 229 Å². The smallest absolute Gasteiger partial charge is 0.0146 e. The Bertz CT molecular complexity index is 1820. The van der Waals surface area contributed by atoms with Crippen LogP contribution in [0.2, 0.25) is 0 Å². The fourth-order valence-electron chi connectivity index (χ4n) is 7.25. The standard InChI is InChI=1S/C17H20.C15H16.C10H20.2C8H10/c1-13-5-9-15(10-6-13)17(3,4)16-11-7-14(2)8-12-16;1-12-3-7-14(8-4-12)11-15-9-5-13(2)6-10-15;1-3-9-5-7-10(4-2)8-6-9;1-7-3-5-8(2)6-4-7;1-7-4-3-5-8(2)6-7/h5-12H,1-4H3;3-10H,11H2,1-2H3;9-10H,3-8H2,1-2H3;2*3-6H,1-2H3. The molecule has 308 valence electrons. The van der Waals surface area contributed by atoms with E-state index in [0.717, 1.165) is 18.3 Å². The Labute approximate surface area is 356 Å². The van der Waals surface area contributed by atoms with Crippen LogP contribution < -0.4 is 0 Å². The number of rotatable bonds is 6. The Balaban J connectivity index is 0.000000201. The molecular formula is C58H76. The van der Waals surface area contributed by atoms with Gasteiger partial charge >= 0.3 is 0 Å². The topological polar surface area (TPSA) is 0 Å². The zero-order chi connectivity index (χ0) is 42.5. The first-order valence-corrected chi connectivity index (χ1v) is 22.0. The molecule has 1 aliphatic rings. The van der Waals surface area contributed by atoms with Crippen molar-refractivity contribution >= 4 is 0 Å². The van der Waals surface area contributed by atoms with Crippen molar-refractivity contribution in [1.82, 2.24) is 0 Å². The van der Waals surface area contributed by atoms with Crippen molar-refractivity contribution in [2.24, 2.45) is 11.8 Å². The van der Waals surface area contributed by atoms with Gasteiger partial charge in [-0.1, -0.05) is 256 Å². The van der Waals surface area contributed by atoms with Gasteiger partial charge < -0.3 is 0 Å². The summed E-state index contributed by atoms with van der Waals surface area (Å²) >= 11 is 0. The molecule has 58 heavy (non-hydrogen) atoms. The van der Waals surface area contributed by atoms with Gasteiger partial charge in [-0.05, 0) is 95.9 Å². The molecule has 0 heterocycles. The van der Waals surface area contributed by atoms with E-state index in [1.165, 1.54) is 105 Å². The Morgan fingerprint density at radius 2 is 0.621 bits per heavy atom. The Hall–Kier alpha value is -4.68. The quantitative estimate of drug-likeness (QED) is 0.158. The number of benzene rings is 6. The van der Waals surface area contributed by atoms with E-state index in [-0.39, 0.29) is 5.41 Å². The average molecular weight is 773 g/mol. The molecule has 6 aromatic carbocycles. The lowest BCUT2D eigenvalue weighted by molar-refractivity contribution is 0.264. The van der Waals surface area contributed by atoms with E-state index in [0.29, 0.717) is 0 Å². The Kier molecular flexibility index (Phi) is 20.5.